The Balaban J connectivity index is 2.75. The van der Waals surface area contributed by atoms with Crippen LogP contribution in [0.1, 0.15) is 26.2 Å². The van der Waals surface area contributed by atoms with Gasteiger partial charge in [0.25, 0.3) is 0 Å². The molecule has 0 amide bonds. The molecule has 5 nitrogen and oxygen atoms in total. The lowest BCUT2D eigenvalue weighted by molar-refractivity contribution is 0.500. The SMILES string of the molecule is CCC(CCCS(=O)(=O)c1ccc(S(C)(=O)=O)cc1)NC. The highest BCUT2D eigenvalue weighted by atomic mass is 32.2. The molecular weight excluding hydrogens is 310 g/mol. The zero-order chi connectivity index (χ0) is 16.1. The van der Waals surface area contributed by atoms with Crippen LogP contribution in [-0.2, 0) is 19.7 Å². The summed E-state index contributed by atoms with van der Waals surface area (Å²) in [5.74, 6) is 0.0728. The van der Waals surface area contributed by atoms with Crippen molar-refractivity contribution in [2.24, 2.45) is 0 Å². The molecule has 0 spiro atoms. The third-order valence-electron chi connectivity index (χ3n) is 3.48. The Bertz CT molecular complexity index is 645. The smallest absolute Gasteiger partial charge is 0.178 e. The molecule has 7 heteroatoms. The van der Waals surface area contributed by atoms with Gasteiger partial charge in [-0.3, -0.25) is 0 Å². The predicted octanol–water partition coefficient (Wildman–Crippen LogP) is 1.64. The van der Waals surface area contributed by atoms with E-state index >= 15 is 0 Å². The van der Waals surface area contributed by atoms with Crippen LogP contribution >= 0.6 is 0 Å². The molecule has 0 saturated carbocycles. The van der Waals surface area contributed by atoms with E-state index in [1.165, 1.54) is 24.3 Å². The van der Waals surface area contributed by atoms with Crippen LogP contribution in [0.15, 0.2) is 34.1 Å². The topological polar surface area (TPSA) is 80.3 Å². The fraction of sp³-hybridized carbons (Fsp3) is 0.571. The Morgan fingerprint density at radius 2 is 1.57 bits per heavy atom. The van der Waals surface area contributed by atoms with Gasteiger partial charge in [-0.2, -0.15) is 0 Å². The van der Waals surface area contributed by atoms with Crippen LogP contribution in [0, 0.1) is 0 Å². The van der Waals surface area contributed by atoms with Gasteiger partial charge in [0.2, 0.25) is 0 Å². The lowest BCUT2D eigenvalue weighted by Gasteiger charge is -2.13. The average molecular weight is 333 g/mol. The van der Waals surface area contributed by atoms with Gasteiger partial charge < -0.3 is 5.32 Å². The van der Waals surface area contributed by atoms with Gasteiger partial charge in [-0.15, -0.1) is 0 Å². The number of hydrogen-bond acceptors (Lipinski definition) is 5. The Morgan fingerprint density at radius 1 is 1.05 bits per heavy atom. The lowest BCUT2D eigenvalue weighted by atomic mass is 10.1. The van der Waals surface area contributed by atoms with Crippen LogP contribution in [0.4, 0.5) is 0 Å². The van der Waals surface area contributed by atoms with E-state index in [9.17, 15) is 16.8 Å². The van der Waals surface area contributed by atoms with Gasteiger partial charge in [0, 0.05) is 12.3 Å². The fourth-order valence-corrected chi connectivity index (χ4v) is 4.05. The molecule has 1 atom stereocenters. The van der Waals surface area contributed by atoms with Crippen molar-refractivity contribution < 1.29 is 16.8 Å². The summed E-state index contributed by atoms with van der Waals surface area (Å²) in [6.07, 6.45) is 3.43. The lowest BCUT2D eigenvalue weighted by Crippen LogP contribution is -2.24. The third-order valence-corrected chi connectivity index (χ3v) is 6.42. The van der Waals surface area contributed by atoms with Crippen molar-refractivity contribution in [2.75, 3.05) is 19.1 Å². The van der Waals surface area contributed by atoms with Gasteiger partial charge in [0.15, 0.2) is 19.7 Å². The monoisotopic (exact) mass is 333 g/mol. The van der Waals surface area contributed by atoms with Crippen LogP contribution in [0.3, 0.4) is 0 Å². The second-order valence-corrected chi connectivity index (χ2v) is 9.22. The van der Waals surface area contributed by atoms with Gasteiger partial charge in [0.05, 0.1) is 15.5 Å². The van der Waals surface area contributed by atoms with E-state index in [0.29, 0.717) is 12.5 Å². The molecule has 1 rings (SSSR count). The molecule has 0 radical (unpaired) electrons. The van der Waals surface area contributed by atoms with Crippen molar-refractivity contribution in [2.45, 2.75) is 42.0 Å². The molecular formula is C14H23NO4S2. The Labute approximate surface area is 127 Å². The molecule has 1 N–H and O–H groups in total. The fourth-order valence-electron chi connectivity index (χ4n) is 2.08. The van der Waals surface area contributed by atoms with Gasteiger partial charge in [-0.25, -0.2) is 16.8 Å². The van der Waals surface area contributed by atoms with E-state index in [1.807, 2.05) is 7.05 Å². The molecule has 1 aromatic carbocycles. The van der Waals surface area contributed by atoms with E-state index in [1.54, 1.807) is 0 Å². The molecule has 0 fully saturated rings. The van der Waals surface area contributed by atoms with E-state index in [0.717, 1.165) is 19.1 Å². The van der Waals surface area contributed by atoms with Crippen LogP contribution in [0.2, 0.25) is 0 Å². The maximum Gasteiger partial charge on any atom is 0.178 e. The minimum atomic E-state index is -3.36. The van der Waals surface area contributed by atoms with Crippen LogP contribution in [-0.4, -0.2) is 41.9 Å². The van der Waals surface area contributed by atoms with Crippen LogP contribution in [0.5, 0.6) is 0 Å². The number of nitrogens with one attached hydrogen (secondary N) is 1. The van der Waals surface area contributed by atoms with Crippen molar-refractivity contribution in [1.82, 2.24) is 5.32 Å². The minimum Gasteiger partial charge on any atom is -0.317 e. The van der Waals surface area contributed by atoms with Crippen molar-refractivity contribution in [3.63, 3.8) is 0 Å². The minimum absolute atomic E-state index is 0.0728. The molecule has 21 heavy (non-hydrogen) atoms. The maximum atomic E-state index is 12.2. The number of hydrogen-bond donors (Lipinski definition) is 1. The van der Waals surface area contributed by atoms with Crippen LogP contribution < -0.4 is 5.32 Å². The quantitative estimate of drug-likeness (QED) is 0.782. The molecule has 0 bridgehead atoms. The third kappa shape index (κ3) is 5.41. The first-order valence-electron chi connectivity index (χ1n) is 6.91. The first-order valence-corrected chi connectivity index (χ1v) is 10.4. The van der Waals surface area contributed by atoms with Crippen LogP contribution in [0.25, 0.3) is 0 Å². The number of rotatable bonds is 8. The molecule has 0 aliphatic heterocycles. The molecule has 0 aromatic heterocycles. The largest absolute Gasteiger partial charge is 0.317 e. The van der Waals surface area contributed by atoms with Gasteiger partial charge >= 0.3 is 0 Å². The normalized spacial score (nSPS) is 14.0. The summed E-state index contributed by atoms with van der Waals surface area (Å²) < 4.78 is 47.1. The summed E-state index contributed by atoms with van der Waals surface area (Å²) in [6, 6.07) is 5.73. The standard InChI is InChI=1S/C14H23NO4S2/c1-4-12(15-2)6-5-11-21(18,19)14-9-7-13(8-10-14)20(3,16)17/h7-10,12,15H,4-6,11H2,1-3H3. The number of sulfone groups is 2. The molecule has 0 aliphatic carbocycles. The summed E-state index contributed by atoms with van der Waals surface area (Å²) in [7, 11) is -4.79. The zero-order valence-corrected chi connectivity index (χ0v) is 14.3. The summed E-state index contributed by atoms with van der Waals surface area (Å²) in [4.78, 5) is 0.301. The molecule has 120 valence electrons. The Hall–Kier alpha value is -0.920. The van der Waals surface area contributed by atoms with E-state index in [2.05, 4.69) is 12.2 Å². The number of benzene rings is 1. The maximum absolute atomic E-state index is 12.2. The Kier molecular flexibility index (Phi) is 6.37. The first kappa shape index (κ1) is 18.1. The van der Waals surface area contributed by atoms with Gasteiger partial charge in [0.1, 0.15) is 0 Å². The summed E-state index contributed by atoms with van der Waals surface area (Å²) in [5, 5.41) is 3.14. The second-order valence-electron chi connectivity index (χ2n) is 5.10. The summed E-state index contributed by atoms with van der Waals surface area (Å²) in [6.45, 7) is 2.06. The highest BCUT2D eigenvalue weighted by Gasteiger charge is 2.16. The van der Waals surface area contributed by atoms with E-state index in [4.69, 9.17) is 0 Å². The van der Waals surface area contributed by atoms with Crippen molar-refractivity contribution in [1.29, 1.82) is 0 Å². The highest BCUT2D eigenvalue weighted by molar-refractivity contribution is 7.91. The first-order chi connectivity index (χ1) is 9.70. The Morgan fingerprint density at radius 3 is 2.00 bits per heavy atom. The average Bonchev–Trinajstić information content (AvgIpc) is 2.43. The second kappa shape index (κ2) is 7.38. The van der Waals surface area contributed by atoms with Crippen molar-refractivity contribution in [3.8, 4) is 0 Å². The highest BCUT2D eigenvalue weighted by Crippen LogP contribution is 2.17. The van der Waals surface area contributed by atoms with E-state index < -0.39 is 19.7 Å². The van der Waals surface area contributed by atoms with Gasteiger partial charge in [-0.1, -0.05) is 6.92 Å². The molecule has 0 saturated heterocycles. The summed E-state index contributed by atoms with van der Waals surface area (Å²) in [5.41, 5.74) is 0. The van der Waals surface area contributed by atoms with Gasteiger partial charge in [-0.05, 0) is 50.6 Å². The van der Waals surface area contributed by atoms with Crippen molar-refractivity contribution >= 4 is 19.7 Å². The van der Waals surface area contributed by atoms with Crippen molar-refractivity contribution in [3.05, 3.63) is 24.3 Å². The summed E-state index contributed by atoms with van der Waals surface area (Å²) >= 11 is 0. The molecule has 0 heterocycles. The molecule has 1 aromatic rings. The van der Waals surface area contributed by atoms with E-state index in [-0.39, 0.29) is 15.5 Å². The molecule has 0 aliphatic rings. The molecule has 1 unspecified atom stereocenters. The predicted molar refractivity (Wildman–Crippen MR) is 84.0 cm³/mol. The zero-order valence-electron chi connectivity index (χ0n) is 12.7.